The van der Waals surface area contributed by atoms with Crippen molar-refractivity contribution >= 4 is 0 Å². The molecule has 0 aromatic carbocycles. The van der Waals surface area contributed by atoms with E-state index in [-0.39, 0.29) is 12.4 Å². The lowest BCUT2D eigenvalue weighted by Gasteiger charge is -1.96. The Morgan fingerprint density at radius 2 is 2.25 bits per heavy atom. The Hall–Kier alpha value is -0.500. The van der Waals surface area contributed by atoms with Gasteiger partial charge in [-0.15, -0.1) is 0 Å². The van der Waals surface area contributed by atoms with E-state index in [1.807, 2.05) is 13.8 Å². The van der Waals surface area contributed by atoms with E-state index in [1.165, 1.54) is 0 Å². The standard InChI is InChI=1S/C6H10O2/c1-4(2)7-6-5(3)8-6/h5-6H,1H2,2-3H3. The summed E-state index contributed by atoms with van der Waals surface area (Å²) in [6.45, 7) is 7.35. The van der Waals surface area contributed by atoms with Crippen molar-refractivity contribution in [2.24, 2.45) is 0 Å². The number of allylic oxidation sites excluding steroid dienone is 1. The van der Waals surface area contributed by atoms with Gasteiger partial charge in [0.25, 0.3) is 0 Å². The average molecular weight is 114 g/mol. The molecule has 0 aromatic heterocycles. The average Bonchev–Trinajstić information content (AvgIpc) is 2.17. The zero-order valence-corrected chi connectivity index (χ0v) is 5.18. The predicted molar refractivity (Wildman–Crippen MR) is 30.2 cm³/mol. The van der Waals surface area contributed by atoms with Gasteiger partial charge in [0.1, 0.15) is 6.10 Å². The van der Waals surface area contributed by atoms with E-state index in [4.69, 9.17) is 9.47 Å². The van der Waals surface area contributed by atoms with Gasteiger partial charge in [-0.2, -0.15) is 0 Å². The smallest absolute Gasteiger partial charge is 0.226 e. The molecule has 0 N–H and O–H groups in total. The van der Waals surface area contributed by atoms with Crippen LogP contribution in [0.4, 0.5) is 0 Å². The van der Waals surface area contributed by atoms with Gasteiger partial charge in [0.05, 0.1) is 5.76 Å². The van der Waals surface area contributed by atoms with Crippen LogP contribution in [0.3, 0.4) is 0 Å². The SMILES string of the molecule is C=C(C)OC1OC1C. The highest BCUT2D eigenvalue weighted by Crippen LogP contribution is 2.23. The van der Waals surface area contributed by atoms with E-state index in [9.17, 15) is 0 Å². The maximum atomic E-state index is 5.06. The summed E-state index contributed by atoms with van der Waals surface area (Å²) in [5, 5.41) is 0. The van der Waals surface area contributed by atoms with Gasteiger partial charge in [0.15, 0.2) is 0 Å². The minimum absolute atomic E-state index is 0.00694. The molecular formula is C6H10O2. The lowest BCUT2D eigenvalue weighted by Crippen LogP contribution is -1.93. The topological polar surface area (TPSA) is 21.8 Å². The maximum absolute atomic E-state index is 5.06. The van der Waals surface area contributed by atoms with Crippen molar-refractivity contribution in [3.05, 3.63) is 12.3 Å². The molecule has 0 bridgehead atoms. The third-order valence-corrected chi connectivity index (χ3v) is 0.973. The van der Waals surface area contributed by atoms with E-state index in [0.29, 0.717) is 0 Å². The lowest BCUT2D eigenvalue weighted by molar-refractivity contribution is 0.109. The first-order valence-electron chi connectivity index (χ1n) is 2.68. The number of hydrogen-bond donors (Lipinski definition) is 0. The second-order valence-electron chi connectivity index (χ2n) is 2.03. The molecule has 46 valence electrons. The molecule has 0 aliphatic carbocycles. The van der Waals surface area contributed by atoms with Crippen LogP contribution in [-0.4, -0.2) is 12.4 Å². The van der Waals surface area contributed by atoms with E-state index < -0.39 is 0 Å². The molecule has 1 saturated heterocycles. The fraction of sp³-hybridized carbons (Fsp3) is 0.667. The first-order chi connectivity index (χ1) is 3.70. The molecule has 0 amide bonds. The normalized spacial score (nSPS) is 34.2. The highest BCUT2D eigenvalue weighted by Gasteiger charge is 2.36. The van der Waals surface area contributed by atoms with Crippen molar-refractivity contribution in [3.8, 4) is 0 Å². The van der Waals surface area contributed by atoms with E-state index in [1.54, 1.807) is 0 Å². The summed E-state index contributed by atoms with van der Waals surface area (Å²) in [5.74, 6) is 0.722. The maximum Gasteiger partial charge on any atom is 0.226 e. The Kier molecular flexibility index (Phi) is 1.26. The van der Waals surface area contributed by atoms with Gasteiger partial charge in [0, 0.05) is 0 Å². The Labute approximate surface area is 49.1 Å². The van der Waals surface area contributed by atoms with Gasteiger partial charge in [-0.25, -0.2) is 0 Å². The van der Waals surface area contributed by atoms with Crippen LogP contribution in [-0.2, 0) is 9.47 Å². The van der Waals surface area contributed by atoms with Crippen LogP contribution in [0.25, 0.3) is 0 Å². The molecule has 0 saturated carbocycles. The molecule has 0 aromatic rings. The zero-order valence-electron chi connectivity index (χ0n) is 5.18. The van der Waals surface area contributed by atoms with Crippen molar-refractivity contribution in [1.82, 2.24) is 0 Å². The Morgan fingerprint density at radius 1 is 1.75 bits per heavy atom. The molecule has 1 fully saturated rings. The number of hydrogen-bond acceptors (Lipinski definition) is 2. The Balaban J connectivity index is 2.14. The molecule has 1 rings (SSSR count). The number of epoxide rings is 1. The van der Waals surface area contributed by atoms with Crippen molar-refractivity contribution in [1.29, 1.82) is 0 Å². The molecule has 2 unspecified atom stereocenters. The van der Waals surface area contributed by atoms with Gasteiger partial charge < -0.3 is 9.47 Å². The minimum Gasteiger partial charge on any atom is -0.467 e. The zero-order chi connectivity index (χ0) is 6.15. The van der Waals surface area contributed by atoms with Gasteiger partial charge in [-0.05, 0) is 13.8 Å². The van der Waals surface area contributed by atoms with E-state index in [2.05, 4.69) is 6.58 Å². The van der Waals surface area contributed by atoms with Crippen molar-refractivity contribution < 1.29 is 9.47 Å². The summed E-state index contributed by atoms with van der Waals surface area (Å²) >= 11 is 0. The second kappa shape index (κ2) is 1.78. The van der Waals surface area contributed by atoms with E-state index >= 15 is 0 Å². The summed E-state index contributed by atoms with van der Waals surface area (Å²) in [6.07, 6.45) is 0.263. The number of rotatable bonds is 2. The first-order valence-corrected chi connectivity index (χ1v) is 2.68. The van der Waals surface area contributed by atoms with Crippen LogP contribution in [0.2, 0.25) is 0 Å². The fourth-order valence-corrected chi connectivity index (χ4v) is 0.488. The summed E-state index contributed by atoms with van der Waals surface area (Å²) in [6, 6.07) is 0. The van der Waals surface area contributed by atoms with Crippen molar-refractivity contribution in [2.75, 3.05) is 0 Å². The van der Waals surface area contributed by atoms with Crippen LogP contribution in [0, 0.1) is 0 Å². The van der Waals surface area contributed by atoms with Gasteiger partial charge in [0.2, 0.25) is 6.29 Å². The van der Waals surface area contributed by atoms with Crippen LogP contribution in [0.15, 0.2) is 12.3 Å². The highest BCUT2D eigenvalue weighted by molar-refractivity contribution is 4.81. The van der Waals surface area contributed by atoms with Crippen LogP contribution >= 0.6 is 0 Å². The number of ether oxygens (including phenoxy) is 2. The summed E-state index contributed by atoms with van der Waals surface area (Å²) in [4.78, 5) is 0. The van der Waals surface area contributed by atoms with Crippen LogP contribution in [0.1, 0.15) is 13.8 Å². The fourth-order valence-electron chi connectivity index (χ4n) is 0.488. The predicted octanol–water partition coefficient (Wildman–Crippen LogP) is 1.28. The lowest BCUT2D eigenvalue weighted by atomic mass is 10.5. The molecule has 1 aliphatic heterocycles. The molecule has 0 spiro atoms. The molecular weight excluding hydrogens is 104 g/mol. The highest BCUT2D eigenvalue weighted by atomic mass is 16.8. The second-order valence-corrected chi connectivity index (χ2v) is 2.03. The third kappa shape index (κ3) is 1.23. The van der Waals surface area contributed by atoms with E-state index in [0.717, 1.165) is 5.76 Å². The quantitative estimate of drug-likeness (QED) is 0.398. The first kappa shape index (κ1) is 5.63. The Bertz CT molecular complexity index is 109. The summed E-state index contributed by atoms with van der Waals surface area (Å²) in [5.41, 5.74) is 0. The van der Waals surface area contributed by atoms with Crippen LogP contribution < -0.4 is 0 Å². The van der Waals surface area contributed by atoms with Crippen LogP contribution in [0.5, 0.6) is 0 Å². The summed E-state index contributed by atoms with van der Waals surface area (Å²) in [7, 11) is 0. The molecule has 2 heteroatoms. The molecule has 1 aliphatic rings. The molecule has 8 heavy (non-hydrogen) atoms. The van der Waals surface area contributed by atoms with Gasteiger partial charge in [-0.1, -0.05) is 6.58 Å². The van der Waals surface area contributed by atoms with Crippen molar-refractivity contribution in [2.45, 2.75) is 26.2 Å². The molecule has 0 radical (unpaired) electrons. The largest absolute Gasteiger partial charge is 0.467 e. The minimum atomic E-state index is -0.00694. The summed E-state index contributed by atoms with van der Waals surface area (Å²) < 4.78 is 10.0. The molecule has 2 atom stereocenters. The molecule has 1 heterocycles. The van der Waals surface area contributed by atoms with Gasteiger partial charge in [-0.3, -0.25) is 0 Å². The van der Waals surface area contributed by atoms with Gasteiger partial charge >= 0.3 is 0 Å². The van der Waals surface area contributed by atoms with Crippen molar-refractivity contribution in [3.63, 3.8) is 0 Å². The Morgan fingerprint density at radius 3 is 2.38 bits per heavy atom. The monoisotopic (exact) mass is 114 g/mol. The molecule has 2 nitrogen and oxygen atoms in total. The third-order valence-electron chi connectivity index (χ3n) is 0.973.